The van der Waals surface area contributed by atoms with Crippen LogP contribution >= 0.6 is 0 Å². The molecule has 0 amide bonds. The van der Waals surface area contributed by atoms with Crippen molar-refractivity contribution in [3.63, 3.8) is 0 Å². The van der Waals surface area contributed by atoms with Crippen LogP contribution in [0, 0.1) is 5.82 Å². The van der Waals surface area contributed by atoms with Gasteiger partial charge in [0, 0.05) is 12.6 Å². The van der Waals surface area contributed by atoms with E-state index in [4.69, 9.17) is 0 Å². The first-order valence-corrected chi connectivity index (χ1v) is 9.05. The molecular weight excluding hydrogens is 351 g/mol. The number of nitrogens with one attached hydrogen (secondary N) is 1. The Hall–Kier alpha value is -3.73. The number of hydrogen-bond acceptors (Lipinski definition) is 3. The van der Waals surface area contributed by atoms with Gasteiger partial charge in [-0.15, -0.1) is 0 Å². The molecule has 0 radical (unpaired) electrons. The second kappa shape index (κ2) is 6.46. The van der Waals surface area contributed by atoms with E-state index < -0.39 is 0 Å². The van der Waals surface area contributed by atoms with Gasteiger partial charge in [0.25, 0.3) is 0 Å². The first-order valence-electron chi connectivity index (χ1n) is 9.05. The van der Waals surface area contributed by atoms with Gasteiger partial charge in [-0.25, -0.2) is 9.37 Å². The van der Waals surface area contributed by atoms with E-state index in [1.165, 1.54) is 12.1 Å². The Balaban J connectivity index is 1.78. The number of hydrogen-bond donors (Lipinski definition) is 1. The Labute approximate surface area is 161 Å². The number of halogens is 1. The second-order valence-electron chi connectivity index (χ2n) is 6.59. The maximum absolute atomic E-state index is 13.8. The highest BCUT2D eigenvalue weighted by Gasteiger charge is 2.14. The Morgan fingerprint density at radius 1 is 0.929 bits per heavy atom. The van der Waals surface area contributed by atoms with Crippen LogP contribution in [0.15, 0.2) is 79.0 Å². The monoisotopic (exact) mass is 368 g/mol. The van der Waals surface area contributed by atoms with Gasteiger partial charge in [0.1, 0.15) is 11.3 Å². The molecular formula is C23H17FN4. The van der Waals surface area contributed by atoms with Crippen LogP contribution < -0.4 is 5.32 Å². The Morgan fingerprint density at radius 2 is 1.75 bits per heavy atom. The normalized spacial score (nSPS) is 11.2. The number of anilines is 1. The highest BCUT2D eigenvalue weighted by atomic mass is 19.1. The number of nitrogens with zero attached hydrogens (tertiary/aromatic N) is 3. The fourth-order valence-electron chi connectivity index (χ4n) is 3.62. The van der Waals surface area contributed by atoms with Crippen LogP contribution in [0.2, 0.25) is 0 Å². The summed E-state index contributed by atoms with van der Waals surface area (Å²) in [6.07, 6.45) is 1.77. The van der Waals surface area contributed by atoms with Gasteiger partial charge in [-0.05, 0) is 35.0 Å². The number of fused-ring (bicyclic) bond motifs is 2. The molecule has 3 aromatic carbocycles. The van der Waals surface area contributed by atoms with Crippen molar-refractivity contribution in [2.24, 2.45) is 0 Å². The van der Waals surface area contributed by atoms with Gasteiger partial charge in [-0.2, -0.15) is 0 Å². The van der Waals surface area contributed by atoms with Gasteiger partial charge >= 0.3 is 0 Å². The zero-order valence-electron chi connectivity index (χ0n) is 15.2. The molecule has 0 spiro atoms. The quantitative estimate of drug-likeness (QED) is 0.462. The topological polar surface area (TPSA) is 42.7 Å². The first kappa shape index (κ1) is 16.4. The van der Waals surface area contributed by atoms with Crippen molar-refractivity contribution in [1.29, 1.82) is 0 Å². The van der Waals surface area contributed by atoms with Crippen LogP contribution in [-0.4, -0.2) is 21.6 Å². The zero-order valence-corrected chi connectivity index (χ0v) is 15.2. The molecule has 5 aromatic rings. The molecule has 5 heteroatoms. The van der Waals surface area contributed by atoms with Crippen LogP contribution in [0.25, 0.3) is 38.8 Å². The maximum atomic E-state index is 13.8. The van der Waals surface area contributed by atoms with E-state index in [-0.39, 0.29) is 5.82 Å². The fourth-order valence-corrected chi connectivity index (χ4v) is 3.62. The van der Waals surface area contributed by atoms with Crippen molar-refractivity contribution in [2.45, 2.75) is 0 Å². The summed E-state index contributed by atoms with van der Waals surface area (Å²) in [6, 6.07) is 22.9. The lowest BCUT2D eigenvalue weighted by Crippen LogP contribution is -2.01. The molecule has 0 aliphatic heterocycles. The number of pyridine rings is 1. The van der Waals surface area contributed by atoms with Crippen LogP contribution in [0.4, 0.5) is 10.3 Å². The number of aromatic nitrogens is 3. The first-order chi connectivity index (χ1) is 13.7. The molecule has 0 aliphatic rings. The summed E-state index contributed by atoms with van der Waals surface area (Å²) >= 11 is 0. The van der Waals surface area contributed by atoms with Crippen molar-refractivity contribution in [3.8, 4) is 16.9 Å². The highest BCUT2D eigenvalue weighted by molar-refractivity contribution is 5.97. The maximum Gasteiger partial charge on any atom is 0.208 e. The van der Waals surface area contributed by atoms with Gasteiger partial charge in [0.2, 0.25) is 5.95 Å². The molecule has 4 nitrogen and oxygen atoms in total. The summed E-state index contributed by atoms with van der Waals surface area (Å²) in [5.41, 5.74) is 4.23. The van der Waals surface area contributed by atoms with Crippen LogP contribution in [0.5, 0.6) is 0 Å². The smallest absolute Gasteiger partial charge is 0.208 e. The van der Waals surface area contributed by atoms with E-state index in [2.05, 4.69) is 39.6 Å². The van der Waals surface area contributed by atoms with Crippen molar-refractivity contribution < 1.29 is 4.39 Å². The van der Waals surface area contributed by atoms with Crippen molar-refractivity contribution in [1.82, 2.24) is 14.5 Å². The van der Waals surface area contributed by atoms with Gasteiger partial charge < -0.3 is 5.32 Å². The summed E-state index contributed by atoms with van der Waals surface area (Å²) in [5, 5.41) is 5.40. The second-order valence-corrected chi connectivity index (χ2v) is 6.59. The van der Waals surface area contributed by atoms with E-state index >= 15 is 0 Å². The average molecular weight is 368 g/mol. The molecule has 0 unspecified atom stereocenters. The molecule has 0 fully saturated rings. The lowest BCUT2D eigenvalue weighted by molar-refractivity contribution is 0.627. The predicted molar refractivity (Wildman–Crippen MR) is 111 cm³/mol. The molecule has 0 atom stereocenters. The SMILES string of the molecule is CNc1nc2cnc(-c3cccc4ccccc34)cc2n1-c1cccc(F)c1. The largest absolute Gasteiger partial charge is 0.358 e. The lowest BCUT2D eigenvalue weighted by atomic mass is 10.0. The zero-order chi connectivity index (χ0) is 19.1. The molecule has 2 aromatic heterocycles. The van der Waals surface area contributed by atoms with Gasteiger partial charge in [0.05, 0.1) is 23.1 Å². The summed E-state index contributed by atoms with van der Waals surface area (Å²) in [5.74, 6) is 0.349. The molecule has 0 saturated carbocycles. The van der Waals surface area contributed by atoms with Crippen LogP contribution in [0.3, 0.4) is 0 Å². The van der Waals surface area contributed by atoms with Gasteiger partial charge in [0.15, 0.2) is 0 Å². The number of rotatable bonds is 3. The molecule has 0 saturated heterocycles. The minimum atomic E-state index is -0.287. The summed E-state index contributed by atoms with van der Waals surface area (Å²) in [6.45, 7) is 0. The van der Waals surface area contributed by atoms with Crippen LogP contribution in [0.1, 0.15) is 0 Å². The molecule has 0 aliphatic carbocycles. The van der Waals surface area contributed by atoms with Crippen molar-refractivity contribution >= 4 is 27.8 Å². The minimum Gasteiger partial charge on any atom is -0.358 e. The molecule has 5 rings (SSSR count). The third kappa shape index (κ3) is 2.60. The molecule has 2 heterocycles. The Morgan fingerprint density at radius 3 is 2.61 bits per heavy atom. The van der Waals surface area contributed by atoms with E-state index in [0.29, 0.717) is 11.6 Å². The molecule has 28 heavy (non-hydrogen) atoms. The standard InChI is InChI=1S/C23H17FN4/c1-25-23-27-21-14-26-20(19-11-4-7-15-6-2-3-10-18(15)19)13-22(21)28(23)17-9-5-8-16(24)12-17/h2-14H,1H3,(H,25,27). The molecule has 0 bridgehead atoms. The number of benzene rings is 3. The summed E-state index contributed by atoms with van der Waals surface area (Å²) < 4.78 is 15.8. The van der Waals surface area contributed by atoms with E-state index in [9.17, 15) is 4.39 Å². The fraction of sp³-hybridized carbons (Fsp3) is 0.0435. The summed E-state index contributed by atoms with van der Waals surface area (Å²) in [7, 11) is 1.80. The third-order valence-electron chi connectivity index (χ3n) is 4.90. The van der Waals surface area contributed by atoms with E-state index in [0.717, 1.165) is 33.1 Å². The molecule has 136 valence electrons. The summed E-state index contributed by atoms with van der Waals surface area (Å²) in [4.78, 5) is 9.25. The Kier molecular flexibility index (Phi) is 3.79. The van der Waals surface area contributed by atoms with E-state index in [1.807, 2.05) is 34.9 Å². The van der Waals surface area contributed by atoms with Crippen molar-refractivity contribution in [2.75, 3.05) is 12.4 Å². The Bertz CT molecular complexity index is 1320. The van der Waals surface area contributed by atoms with Gasteiger partial charge in [-0.3, -0.25) is 9.55 Å². The predicted octanol–water partition coefficient (Wildman–Crippen LogP) is 5.42. The lowest BCUT2D eigenvalue weighted by Gasteiger charge is -2.10. The number of imidazole rings is 1. The van der Waals surface area contributed by atoms with Crippen LogP contribution in [-0.2, 0) is 0 Å². The third-order valence-corrected chi connectivity index (χ3v) is 4.90. The van der Waals surface area contributed by atoms with E-state index in [1.54, 1.807) is 19.3 Å². The van der Waals surface area contributed by atoms with Crippen molar-refractivity contribution in [3.05, 3.63) is 84.8 Å². The minimum absolute atomic E-state index is 0.287. The molecule has 1 N–H and O–H groups in total. The van der Waals surface area contributed by atoms with Gasteiger partial charge in [-0.1, -0.05) is 48.5 Å². The average Bonchev–Trinajstić information content (AvgIpc) is 3.11. The highest BCUT2D eigenvalue weighted by Crippen LogP contribution is 2.31.